The van der Waals surface area contributed by atoms with Gasteiger partial charge in [-0.05, 0) is 17.6 Å². The number of hydrogen-bond donors (Lipinski definition) is 0. The van der Waals surface area contributed by atoms with Gasteiger partial charge in [-0.15, -0.1) is 0 Å². The summed E-state index contributed by atoms with van der Waals surface area (Å²) in [6.45, 7) is 5.97. The lowest BCUT2D eigenvalue weighted by molar-refractivity contribution is -0.133. The Kier molecular flexibility index (Phi) is 8.43. The van der Waals surface area contributed by atoms with E-state index in [2.05, 4.69) is 16.6 Å². The first-order valence-corrected chi connectivity index (χ1v) is 5.90. The number of carbonyl (C=O) groups excluding carboxylic acids is 1. The highest BCUT2D eigenvalue weighted by Gasteiger charge is 2.08. The van der Waals surface area contributed by atoms with Crippen LogP contribution in [-0.4, -0.2) is 27.1 Å². The average molecular weight is 246 g/mol. The van der Waals surface area contributed by atoms with Crippen molar-refractivity contribution in [3.63, 3.8) is 0 Å². The summed E-state index contributed by atoms with van der Waals surface area (Å²) in [4.78, 5) is 10.8. The Hall–Kier alpha value is -1.73. The summed E-state index contributed by atoms with van der Waals surface area (Å²) in [5, 5.41) is 0. The van der Waals surface area contributed by atoms with Gasteiger partial charge in [0.1, 0.15) is 0 Å². The van der Waals surface area contributed by atoms with E-state index in [0.29, 0.717) is 0 Å². The Balaban J connectivity index is 0.00000137. The zero-order valence-corrected chi connectivity index (χ0v) is 11.6. The molecule has 0 bridgehead atoms. The summed E-state index contributed by atoms with van der Waals surface area (Å²) in [7, 11) is 2.96. The van der Waals surface area contributed by atoms with Crippen LogP contribution in [0.4, 0.5) is 0 Å². The van der Waals surface area contributed by atoms with Gasteiger partial charge in [-0.3, -0.25) is 0 Å². The van der Waals surface area contributed by atoms with Crippen LogP contribution in [0.5, 0.6) is 0 Å². The van der Waals surface area contributed by atoms with Crippen molar-refractivity contribution in [2.75, 3.05) is 14.2 Å². The second-order valence-electron chi connectivity index (χ2n) is 3.24. The lowest BCUT2D eigenvalue weighted by atomic mass is 9.63. The molecule has 0 amide bonds. The quantitative estimate of drug-likeness (QED) is 0.452. The average Bonchev–Trinajstić information content (AvgIpc) is 2.46. The van der Waals surface area contributed by atoms with E-state index < -0.39 is 5.97 Å². The molecule has 0 aliphatic carbocycles. The maximum absolute atomic E-state index is 10.8. The SMILES string of the molecule is CC.COB(C)c1cccc(C#CC(=O)OC)c1. The minimum Gasteiger partial charge on any atom is -0.459 e. The normalized spacial score (nSPS) is 8.28. The van der Waals surface area contributed by atoms with Crippen LogP contribution in [0, 0.1) is 11.8 Å². The zero-order valence-electron chi connectivity index (χ0n) is 11.6. The molecule has 0 atom stereocenters. The van der Waals surface area contributed by atoms with Crippen molar-refractivity contribution in [1.29, 1.82) is 0 Å². The van der Waals surface area contributed by atoms with Gasteiger partial charge in [0.15, 0.2) is 0 Å². The second-order valence-corrected chi connectivity index (χ2v) is 3.24. The predicted octanol–water partition coefficient (Wildman–Crippen LogP) is 1.71. The van der Waals surface area contributed by atoms with Crippen LogP contribution in [-0.2, 0) is 14.2 Å². The third-order valence-electron chi connectivity index (χ3n) is 2.20. The van der Waals surface area contributed by atoms with E-state index in [9.17, 15) is 4.79 Å². The number of carbonyl (C=O) groups is 1. The van der Waals surface area contributed by atoms with Gasteiger partial charge in [0.05, 0.1) is 7.11 Å². The van der Waals surface area contributed by atoms with Gasteiger partial charge >= 0.3 is 12.9 Å². The molecule has 0 heterocycles. The molecule has 0 saturated heterocycles. The largest absolute Gasteiger partial charge is 0.459 e. The van der Waals surface area contributed by atoms with E-state index in [1.54, 1.807) is 7.11 Å². The van der Waals surface area contributed by atoms with Gasteiger partial charge < -0.3 is 9.39 Å². The Morgan fingerprint density at radius 3 is 2.50 bits per heavy atom. The fourth-order valence-corrected chi connectivity index (χ4v) is 1.18. The van der Waals surface area contributed by atoms with E-state index in [1.807, 2.05) is 44.9 Å². The highest BCUT2D eigenvalue weighted by atomic mass is 16.5. The van der Waals surface area contributed by atoms with Crippen LogP contribution in [0.1, 0.15) is 19.4 Å². The van der Waals surface area contributed by atoms with E-state index in [-0.39, 0.29) is 6.92 Å². The minimum absolute atomic E-state index is 0.0138. The number of esters is 1. The molecule has 0 fully saturated rings. The number of methoxy groups -OCH3 is 1. The van der Waals surface area contributed by atoms with E-state index in [0.717, 1.165) is 11.0 Å². The van der Waals surface area contributed by atoms with Crippen LogP contribution in [0.15, 0.2) is 24.3 Å². The number of hydrogen-bond acceptors (Lipinski definition) is 3. The Labute approximate surface area is 110 Å². The van der Waals surface area contributed by atoms with Crippen molar-refractivity contribution < 1.29 is 14.2 Å². The summed E-state index contributed by atoms with van der Waals surface area (Å²) in [6.07, 6.45) is 0. The molecule has 96 valence electrons. The second kappa shape index (κ2) is 9.32. The first-order chi connectivity index (χ1) is 8.67. The maximum Gasteiger partial charge on any atom is 0.384 e. The zero-order chi connectivity index (χ0) is 14.0. The molecule has 0 aromatic heterocycles. The maximum atomic E-state index is 10.8. The molecule has 0 spiro atoms. The van der Waals surface area contributed by atoms with Crippen molar-refractivity contribution in [2.45, 2.75) is 20.7 Å². The Morgan fingerprint density at radius 2 is 1.94 bits per heavy atom. The fourth-order valence-electron chi connectivity index (χ4n) is 1.18. The highest BCUT2D eigenvalue weighted by Crippen LogP contribution is 1.96. The van der Waals surface area contributed by atoms with Crippen molar-refractivity contribution in [1.82, 2.24) is 0 Å². The van der Waals surface area contributed by atoms with Crippen LogP contribution in [0.25, 0.3) is 0 Å². The van der Waals surface area contributed by atoms with Crippen molar-refractivity contribution in [2.24, 2.45) is 0 Å². The van der Waals surface area contributed by atoms with E-state index >= 15 is 0 Å². The number of rotatable bonds is 2. The van der Waals surface area contributed by atoms with Crippen LogP contribution < -0.4 is 5.46 Å². The molecule has 4 heteroatoms. The number of ether oxygens (including phenoxy) is 1. The third kappa shape index (κ3) is 5.56. The van der Waals surface area contributed by atoms with Gasteiger partial charge in [-0.1, -0.05) is 38.7 Å². The van der Waals surface area contributed by atoms with Crippen LogP contribution in [0.2, 0.25) is 6.82 Å². The molecule has 1 rings (SSSR count). The molecule has 1 aromatic rings. The molecular formula is C14H19BO3. The lowest BCUT2D eigenvalue weighted by Crippen LogP contribution is -2.28. The summed E-state index contributed by atoms with van der Waals surface area (Å²) in [6, 6.07) is 7.57. The predicted molar refractivity (Wildman–Crippen MR) is 74.9 cm³/mol. The van der Waals surface area contributed by atoms with Gasteiger partial charge in [-0.2, -0.15) is 0 Å². The smallest absolute Gasteiger partial charge is 0.384 e. The van der Waals surface area contributed by atoms with Gasteiger partial charge in [-0.25, -0.2) is 4.79 Å². The molecule has 18 heavy (non-hydrogen) atoms. The van der Waals surface area contributed by atoms with Crippen LogP contribution in [0.3, 0.4) is 0 Å². The molecule has 1 aromatic carbocycles. The first kappa shape index (κ1) is 16.3. The Morgan fingerprint density at radius 1 is 1.28 bits per heavy atom. The molecular weight excluding hydrogens is 227 g/mol. The summed E-state index contributed by atoms with van der Waals surface area (Å²) in [5.41, 5.74) is 1.80. The highest BCUT2D eigenvalue weighted by molar-refractivity contribution is 6.66. The van der Waals surface area contributed by atoms with Gasteiger partial charge in [0, 0.05) is 18.6 Å². The first-order valence-electron chi connectivity index (χ1n) is 5.90. The van der Waals surface area contributed by atoms with Crippen molar-refractivity contribution in [3.05, 3.63) is 29.8 Å². The van der Waals surface area contributed by atoms with Crippen LogP contribution >= 0.6 is 0 Å². The molecule has 3 nitrogen and oxygen atoms in total. The van der Waals surface area contributed by atoms with E-state index in [1.165, 1.54) is 7.11 Å². The third-order valence-corrected chi connectivity index (χ3v) is 2.20. The van der Waals surface area contributed by atoms with Gasteiger partial charge in [0.2, 0.25) is 0 Å². The van der Waals surface area contributed by atoms with Crippen molar-refractivity contribution >= 4 is 18.3 Å². The minimum atomic E-state index is -0.537. The summed E-state index contributed by atoms with van der Waals surface area (Å²) >= 11 is 0. The molecule has 0 N–H and O–H groups in total. The molecule has 0 unspecified atom stereocenters. The molecule has 0 radical (unpaired) electrons. The number of benzene rings is 1. The van der Waals surface area contributed by atoms with Gasteiger partial charge in [0.25, 0.3) is 0 Å². The summed E-state index contributed by atoms with van der Waals surface area (Å²) < 4.78 is 9.63. The monoisotopic (exact) mass is 246 g/mol. The Bertz CT molecular complexity index is 432. The lowest BCUT2D eigenvalue weighted by Gasteiger charge is -2.05. The van der Waals surface area contributed by atoms with Crippen molar-refractivity contribution in [3.8, 4) is 11.8 Å². The molecule has 0 aliphatic rings. The topological polar surface area (TPSA) is 35.5 Å². The molecule has 0 aliphatic heterocycles. The summed E-state index contributed by atoms with van der Waals surface area (Å²) in [5.74, 6) is 4.58. The fraction of sp³-hybridized carbons (Fsp3) is 0.357. The standard InChI is InChI=1S/C12H13BO3.C2H6/c1-13(16-3)11-6-4-5-10(9-11)7-8-12(14)15-2;1-2/h4-6,9H,1-3H3;1-2H3. The van der Waals surface area contributed by atoms with E-state index in [4.69, 9.17) is 4.65 Å². The molecule has 0 saturated carbocycles.